The van der Waals surface area contributed by atoms with E-state index in [1.807, 2.05) is 67.4 Å². The second-order valence-electron chi connectivity index (χ2n) is 8.65. The van der Waals surface area contributed by atoms with Crippen LogP contribution in [-0.4, -0.2) is 46.4 Å². The van der Waals surface area contributed by atoms with Gasteiger partial charge in [-0.1, -0.05) is 50.1 Å². The Balaban J connectivity index is 1.52. The van der Waals surface area contributed by atoms with Crippen LogP contribution in [0.2, 0.25) is 0 Å². The topological polar surface area (TPSA) is 67.2 Å². The van der Waals surface area contributed by atoms with Gasteiger partial charge in [-0.05, 0) is 49.9 Å². The Labute approximate surface area is 197 Å². The second-order valence-corrected chi connectivity index (χ2v) is 8.65. The molecule has 0 saturated heterocycles. The lowest BCUT2D eigenvalue weighted by atomic mass is 10.1. The van der Waals surface area contributed by atoms with E-state index in [1.165, 1.54) is 0 Å². The third kappa shape index (κ3) is 6.67. The first-order valence-electron chi connectivity index (χ1n) is 12.0. The SMILES string of the molecule is CCCCN(C)C(=O)Cn1c(CCCCCNC(=O)c2ccccc2C)nc2ccccc21. The molecule has 33 heavy (non-hydrogen) atoms. The Bertz CT molecular complexity index is 1070. The molecule has 1 N–H and O–H groups in total. The summed E-state index contributed by atoms with van der Waals surface area (Å²) in [6, 6.07) is 15.6. The fraction of sp³-hybridized carbons (Fsp3) is 0.444. The maximum atomic E-state index is 12.8. The number of imidazole rings is 1. The summed E-state index contributed by atoms with van der Waals surface area (Å²) in [4.78, 5) is 31.7. The standard InChI is InChI=1S/C27H36N4O2/c1-4-5-19-30(3)26(32)20-31-24-16-11-10-15-23(24)29-25(31)17-7-6-12-18-28-27(33)22-14-9-8-13-21(22)2/h8-11,13-16H,4-7,12,17-20H2,1-3H3,(H,28,33). The van der Waals surface area contributed by atoms with Gasteiger partial charge in [0.25, 0.3) is 5.91 Å². The Hall–Kier alpha value is -3.15. The first-order chi connectivity index (χ1) is 16.0. The number of aromatic nitrogens is 2. The third-order valence-electron chi connectivity index (χ3n) is 6.05. The molecule has 0 atom stereocenters. The molecule has 2 amide bonds. The molecule has 3 aromatic rings. The van der Waals surface area contributed by atoms with Crippen LogP contribution in [-0.2, 0) is 17.8 Å². The Morgan fingerprint density at radius 2 is 1.76 bits per heavy atom. The summed E-state index contributed by atoms with van der Waals surface area (Å²) in [6.45, 7) is 5.85. The molecule has 1 heterocycles. The maximum Gasteiger partial charge on any atom is 0.251 e. The monoisotopic (exact) mass is 448 g/mol. The quantitative estimate of drug-likeness (QED) is 0.407. The number of hydrogen-bond donors (Lipinski definition) is 1. The van der Waals surface area contributed by atoms with Crippen molar-refractivity contribution < 1.29 is 9.59 Å². The first-order valence-corrected chi connectivity index (χ1v) is 12.0. The van der Waals surface area contributed by atoms with Crippen molar-refractivity contribution in [3.63, 3.8) is 0 Å². The molecule has 3 rings (SSSR count). The first kappa shape index (κ1) is 24.5. The van der Waals surface area contributed by atoms with Crippen molar-refractivity contribution in [3.05, 3.63) is 65.5 Å². The molecule has 1 aromatic heterocycles. The highest BCUT2D eigenvalue weighted by Crippen LogP contribution is 2.18. The highest BCUT2D eigenvalue weighted by Gasteiger charge is 2.16. The Morgan fingerprint density at radius 1 is 1.00 bits per heavy atom. The van der Waals surface area contributed by atoms with E-state index in [0.717, 1.165) is 73.1 Å². The van der Waals surface area contributed by atoms with Crippen molar-refractivity contribution in [1.29, 1.82) is 0 Å². The summed E-state index contributed by atoms with van der Waals surface area (Å²) in [5.74, 6) is 1.06. The highest BCUT2D eigenvalue weighted by atomic mass is 16.2. The van der Waals surface area contributed by atoms with E-state index in [1.54, 1.807) is 0 Å². The van der Waals surface area contributed by atoms with Crippen molar-refractivity contribution >= 4 is 22.8 Å². The minimum absolute atomic E-state index is 0.0133. The van der Waals surface area contributed by atoms with Crippen LogP contribution in [0, 0.1) is 6.92 Å². The van der Waals surface area contributed by atoms with Gasteiger partial charge in [-0.2, -0.15) is 0 Å². The largest absolute Gasteiger partial charge is 0.352 e. The molecule has 0 aliphatic heterocycles. The number of amides is 2. The predicted octanol–water partition coefficient (Wildman–Crippen LogP) is 4.75. The molecule has 0 fully saturated rings. The number of benzene rings is 2. The Kier molecular flexibility index (Phi) is 9.04. The van der Waals surface area contributed by atoms with E-state index in [2.05, 4.69) is 16.8 Å². The Morgan fingerprint density at radius 3 is 2.55 bits per heavy atom. The van der Waals surface area contributed by atoms with Gasteiger partial charge >= 0.3 is 0 Å². The molecular formula is C27H36N4O2. The van der Waals surface area contributed by atoms with Crippen LogP contribution in [0.5, 0.6) is 0 Å². The van der Waals surface area contributed by atoms with Crippen LogP contribution in [0.1, 0.15) is 60.8 Å². The number of aryl methyl sites for hydroxylation is 2. The highest BCUT2D eigenvalue weighted by molar-refractivity contribution is 5.95. The number of nitrogens with one attached hydrogen (secondary N) is 1. The van der Waals surface area contributed by atoms with Gasteiger partial charge < -0.3 is 14.8 Å². The molecule has 6 heteroatoms. The van der Waals surface area contributed by atoms with Gasteiger partial charge in [-0.15, -0.1) is 0 Å². The van der Waals surface area contributed by atoms with E-state index in [0.29, 0.717) is 13.1 Å². The molecule has 2 aromatic carbocycles. The number of fused-ring (bicyclic) bond motifs is 1. The summed E-state index contributed by atoms with van der Waals surface area (Å²) in [7, 11) is 1.88. The summed E-state index contributed by atoms with van der Waals surface area (Å²) in [5.41, 5.74) is 3.67. The molecule has 0 unspecified atom stereocenters. The number of rotatable bonds is 12. The molecule has 0 radical (unpaired) electrons. The van der Waals surface area contributed by atoms with Crippen LogP contribution < -0.4 is 5.32 Å². The number of carbonyl (C=O) groups excluding carboxylic acids is 2. The predicted molar refractivity (Wildman–Crippen MR) is 133 cm³/mol. The lowest BCUT2D eigenvalue weighted by Gasteiger charge is -2.18. The molecule has 0 spiro atoms. The number of para-hydroxylation sites is 2. The van der Waals surface area contributed by atoms with Crippen LogP contribution in [0.15, 0.2) is 48.5 Å². The van der Waals surface area contributed by atoms with Gasteiger partial charge in [-0.25, -0.2) is 4.98 Å². The zero-order valence-corrected chi connectivity index (χ0v) is 20.1. The number of carbonyl (C=O) groups is 2. The fourth-order valence-corrected chi connectivity index (χ4v) is 3.98. The molecule has 0 aliphatic carbocycles. The number of likely N-dealkylation sites (N-methyl/N-ethyl adjacent to an activating group) is 1. The maximum absolute atomic E-state index is 12.8. The van der Waals surface area contributed by atoms with Gasteiger partial charge in [0, 0.05) is 32.1 Å². The minimum Gasteiger partial charge on any atom is -0.352 e. The van der Waals surface area contributed by atoms with Gasteiger partial charge in [0.15, 0.2) is 0 Å². The summed E-state index contributed by atoms with van der Waals surface area (Å²) >= 11 is 0. The third-order valence-corrected chi connectivity index (χ3v) is 6.05. The average Bonchev–Trinajstić information content (AvgIpc) is 3.16. The number of unbranched alkanes of at least 4 members (excludes halogenated alkanes) is 3. The minimum atomic E-state index is -0.0133. The summed E-state index contributed by atoms with van der Waals surface area (Å²) < 4.78 is 2.07. The zero-order chi connectivity index (χ0) is 23.6. The molecule has 176 valence electrons. The smallest absolute Gasteiger partial charge is 0.251 e. The van der Waals surface area contributed by atoms with E-state index >= 15 is 0 Å². The van der Waals surface area contributed by atoms with Gasteiger partial charge in [0.05, 0.1) is 11.0 Å². The van der Waals surface area contributed by atoms with E-state index < -0.39 is 0 Å². The van der Waals surface area contributed by atoms with Crippen molar-refractivity contribution in [3.8, 4) is 0 Å². The number of hydrogen-bond acceptors (Lipinski definition) is 3. The fourth-order valence-electron chi connectivity index (χ4n) is 3.98. The van der Waals surface area contributed by atoms with E-state index in [9.17, 15) is 9.59 Å². The molecule has 0 saturated carbocycles. The van der Waals surface area contributed by atoms with Crippen molar-refractivity contribution in [2.75, 3.05) is 20.1 Å². The van der Waals surface area contributed by atoms with Crippen molar-refractivity contribution in [1.82, 2.24) is 19.8 Å². The van der Waals surface area contributed by atoms with Crippen molar-refractivity contribution in [2.24, 2.45) is 0 Å². The zero-order valence-electron chi connectivity index (χ0n) is 20.1. The normalized spacial score (nSPS) is 11.0. The molecule has 0 aliphatic rings. The molecule has 0 bridgehead atoms. The lowest BCUT2D eigenvalue weighted by Crippen LogP contribution is -2.31. The van der Waals surface area contributed by atoms with Crippen LogP contribution in [0.3, 0.4) is 0 Å². The van der Waals surface area contributed by atoms with Crippen LogP contribution in [0.25, 0.3) is 11.0 Å². The second kappa shape index (κ2) is 12.2. The lowest BCUT2D eigenvalue weighted by molar-refractivity contribution is -0.130. The van der Waals surface area contributed by atoms with Gasteiger partial charge in [0.1, 0.15) is 12.4 Å². The van der Waals surface area contributed by atoms with E-state index in [4.69, 9.17) is 4.98 Å². The van der Waals surface area contributed by atoms with Crippen LogP contribution >= 0.6 is 0 Å². The molecular weight excluding hydrogens is 412 g/mol. The summed E-state index contributed by atoms with van der Waals surface area (Å²) in [6.07, 6.45) is 5.76. The van der Waals surface area contributed by atoms with Crippen molar-refractivity contribution in [2.45, 2.75) is 58.9 Å². The van der Waals surface area contributed by atoms with Gasteiger partial charge in [0.2, 0.25) is 5.91 Å². The average molecular weight is 449 g/mol. The van der Waals surface area contributed by atoms with Gasteiger partial charge in [-0.3, -0.25) is 9.59 Å². The summed E-state index contributed by atoms with van der Waals surface area (Å²) in [5, 5.41) is 3.02. The van der Waals surface area contributed by atoms with Crippen LogP contribution in [0.4, 0.5) is 0 Å². The van der Waals surface area contributed by atoms with E-state index in [-0.39, 0.29) is 11.8 Å². The number of nitrogens with zero attached hydrogens (tertiary/aromatic N) is 3. The molecule has 6 nitrogen and oxygen atoms in total.